The van der Waals surface area contributed by atoms with Gasteiger partial charge in [0.05, 0.1) is 6.54 Å². The lowest BCUT2D eigenvalue weighted by Gasteiger charge is -2.23. The van der Waals surface area contributed by atoms with Gasteiger partial charge in [-0.2, -0.15) is 0 Å². The van der Waals surface area contributed by atoms with Crippen LogP contribution in [0.2, 0.25) is 5.02 Å². The van der Waals surface area contributed by atoms with Crippen LogP contribution in [0.15, 0.2) is 24.3 Å². The lowest BCUT2D eigenvalue weighted by Crippen LogP contribution is -2.45. The molecule has 1 N–H and O–H groups in total. The number of urea groups is 1. The third kappa shape index (κ3) is 3.71. The van der Waals surface area contributed by atoms with E-state index in [9.17, 15) is 9.59 Å². The van der Waals surface area contributed by atoms with Crippen molar-refractivity contribution in [2.75, 3.05) is 13.2 Å². The quantitative estimate of drug-likeness (QED) is 0.818. The number of carbonyl (C=O) groups is 2. The van der Waals surface area contributed by atoms with E-state index < -0.39 is 5.54 Å². The van der Waals surface area contributed by atoms with Gasteiger partial charge in [0.1, 0.15) is 17.9 Å². The Morgan fingerprint density at radius 3 is 2.73 bits per heavy atom. The number of amides is 3. The van der Waals surface area contributed by atoms with E-state index in [0.29, 0.717) is 23.1 Å². The second-order valence-electron chi connectivity index (χ2n) is 6.12. The van der Waals surface area contributed by atoms with Crippen LogP contribution in [0, 0.1) is 5.92 Å². The Bertz CT molecular complexity index is 576. The van der Waals surface area contributed by atoms with Crippen molar-refractivity contribution in [1.29, 1.82) is 0 Å². The van der Waals surface area contributed by atoms with Gasteiger partial charge in [0.25, 0.3) is 5.91 Å². The van der Waals surface area contributed by atoms with Gasteiger partial charge >= 0.3 is 6.03 Å². The Labute approximate surface area is 135 Å². The highest BCUT2D eigenvalue weighted by Gasteiger charge is 2.47. The van der Waals surface area contributed by atoms with Crippen LogP contribution < -0.4 is 10.1 Å². The Balaban J connectivity index is 1.93. The first-order valence-electron chi connectivity index (χ1n) is 7.34. The van der Waals surface area contributed by atoms with Gasteiger partial charge in [-0.15, -0.1) is 0 Å². The number of imide groups is 1. The molecule has 1 aliphatic rings. The zero-order valence-electron chi connectivity index (χ0n) is 13.1. The highest BCUT2D eigenvalue weighted by Crippen LogP contribution is 2.25. The lowest BCUT2D eigenvalue weighted by molar-refractivity contribution is -0.131. The smallest absolute Gasteiger partial charge is 0.325 e. The Morgan fingerprint density at radius 1 is 1.36 bits per heavy atom. The largest absolute Gasteiger partial charge is 0.492 e. The molecule has 1 aromatic rings. The van der Waals surface area contributed by atoms with E-state index in [-0.39, 0.29) is 25.1 Å². The van der Waals surface area contributed by atoms with Gasteiger partial charge in [-0.05, 0) is 37.5 Å². The molecule has 0 aromatic heterocycles. The SMILES string of the molecule is CC(C)CC1(C)NC(=O)N(CCOc2cccc(Cl)c2)C1=O. The molecule has 5 nitrogen and oxygen atoms in total. The maximum atomic E-state index is 12.4. The molecule has 22 heavy (non-hydrogen) atoms. The molecule has 1 atom stereocenters. The second-order valence-corrected chi connectivity index (χ2v) is 6.56. The highest BCUT2D eigenvalue weighted by molar-refractivity contribution is 6.30. The molecule has 1 fully saturated rings. The number of ether oxygens (including phenoxy) is 1. The van der Waals surface area contributed by atoms with Crippen molar-refractivity contribution < 1.29 is 14.3 Å². The van der Waals surface area contributed by atoms with Gasteiger partial charge in [-0.1, -0.05) is 31.5 Å². The van der Waals surface area contributed by atoms with Gasteiger partial charge < -0.3 is 10.1 Å². The molecule has 0 radical (unpaired) electrons. The van der Waals surface area contributed by atoms with E-state index >= 15 is 0 Å². The summed E-state index contributed by atoms with van der Waals surface area (Å²) in [5.74, 6) is 0.738. The van der Waals surface area contributed by atoms with E-state index in [1.807, 2.05) is 13.8 Å². The first-order valence-corrected chi connectivity index (χ1v) is 7.72. The average Bonchev–Trinajstić information content (AvgIpc) is 2.61. The predicted molar refractivity (Wildman–Crippen MR) is 85.1 cm³/mol. The number of nitrogens with zero attached hydrogens (tertiary/aromatic N) is 1. The first-order chi connectivity index (χ1) is 10.3. The predicted octanol–water partition coefficient (Wildman–Crippen LogP) is 3.08. The number of halogens is 1. The van der Waals surface area contributed by atoms with Crippen LogP contribution in [0.5, 0.6) is 5.75 Å². The Kier molecular flexibility index (Phi) is 4.96. The zero-order chi connectivity index (χ0) is 16.3. The van der Waals surface area contributed by atoms with Crippen molar-refractivity contribution in [3.05, 3.63) is 29.3 Å². The number of hydrogen-bond acceptors (Lipinski definition) is 3. The number of benzene rings is 1. The van der Waals surface area contributed by atoms with E-state index in [2.05, 4.69) is 5.32 Å². The minimum Gasteiger partial charge on any atom is -0.492 e. The molecule has 1 aliphatic heterocycles. The van der Waals surface area contributed by atoms with Gasteiger partial charge in [-0.25, -0.2) is 4.79 Å². The van der Waals surface area contributed by atoms with E-state index in [0.717, 1.165) is 0 Å². The monoisotopic (exact) mass is 324 g/mol. The normalized spacial score (nSPS) is 21.4. The van der Waals surface area contributed by atoms with E-state index in [4.69, 9.17) is 16.3 Å². The van der Waals surface area contributed by atoms with Crippen LogP contribution in [-0.4, -0.2) is 35.5 Å². The molecule has 0 bridgehead atoms. The number of carbonyl (C=O) groups excluding carboxylic acids is 2. The number of nitrogens with one attached hydrogen (secondary N) is 1. The molecule has 1 heterocycles. The molecule has 1 saturated heterocycles. The molecule has 0 spiro atoms. The fourth-order valence-corrected chi connectivity index (χ4v) is 2.90. The van der Waals surface area contributed by atoms with Crippen LogP contribution in [0.1, 0.15) is 27.2 Å². The van der Waals surface area contributed by atoms with Crippen LogP contribution in [0.25, 0.3) is 0 Å². The summed E-state index contributed by atoms with van der Waals surface area (Å²) in [6, 6.07) is 6.65. The Hall–Kier alpha value is -1.75. The third-order valence-electron chi connectivity index (χ3n) is 3.54. The minimum atomic E-state index is -0.818. The molecular weight excluding hydrogens is 304 g/mol. The van der Waals surface area contributed by atoms with Gasteiger partial charge in [0.2, 0.25) is 0 Å². The molecule has 0 aliphatic carbocycles. The van der Waals surface area contributed by atoms with Gasteiger partial charge in [-0.3, -0.25) is 9.69 Å². The fraction of sp³-hybridized carbons (Fsp3) is 0.500. The summed E-state index contributed by atoms with van der Waals surface area (Å²) >= 11 is 5.87. The summed E-state index contributed by atoms with van der Waals surface area (Å²) in [6.45, 7) is 6.26. The number of rotatable bonds is 6. The first kappa shape index (κ1) is 16.6. The van der Waals surface area contributed by atoms with E-state index in [1.54, 1.807) is 31.2 Å². The molecule has 2 rings (SSSR count). The molecule has 120 valence electrons. The number of hydrogen-bond donors (Lipinski definition) is 1. The van der Waals surface area contributed by atoms with Crippen molar-refractivity contribution in [2.24, 2.45) is 5.92 Å². The topological polar surface area (TPSA) is 58.6 Å². The third-order valence-corrected chi connectivity index (χ3v) is 3.78. The molecule has 0 saturated carbocycles. The van der Waals surface area contributed by atoms with E-state index in [1.165, 1.54) is 4.90 Å². The van der Waals surface area contributed by atoms with Crippen molar-refractivity contribution in [1.82, 2.24) is 10.2 Å². The van der Waals surface area contributed by atoms with Gasteiger partial charge in [0, 0.05) is 5.02 Å². The molecule has 1 aromatic carbocycles. The molecular formula is C16H21ClN2O3. The average molecular weight is 325 g/mol. The summed E-state index contributed by atoms with van der Waals surface area (Å²) in [6.07, 6.45) is 0.614. The molecule has 6 heteroatoms. The highest BCUT2D eigenvalue weighted by atomic mass is 35.5. The van der Waals surface area contributed by atoms with Crippen LogP contribution >= 0.6 is 11.6 Å². The van der Waals surface area contributed by atoms with Crippen LogP contribution in [-0.2, 0) is 4.79 Å². The Morgan fingerprint density at radius 2 is 2.09 bits per heavy atom. The summed E-state index contributed by atoms with van der Waals surface area (Å²) in [4.78, 5) is 25.6. The maximum absolute atomic E-state index is 12.4. The van der Waals surface area contributed by atoms with Crippen LogP contribution in [0.3, 0.4) is 0 Å². The summed E-state index contributed by atoms with van der Waals surface area (Å²) in [7, 11) is 0. The summed E-state index contributed by atoms with van der Waals surface area (Å²) in [5.41, 5.74) is -0.818. The molecule has 3 amide bonds. The maximum Gasteiger partial charge on any atom is 0.325 e. The minimum absolute atomic E-state index is 0.194. The second kappa shape index (κ2) is 6.57. The molecule has 1 unspecified atom stereocenters. The van der Waals surface area contributed by atoms with Crippen molar-refractivity contribution >= 4 is 23.5 Å². The summed E-state index contributed by atoms with van der Waals surface area (Å²) < 4.78 is 5.54. The fourth-order valence-electron chi connectivity index (χ4n) is 2.72. The van der Waals surface area contributed by atoms with Gasteiger partial charge in [0.15, 0.2) is 0 Å². The standard InChI is InChI=1S/C16H21ClN2O3/c1-11(2)10-16(3)14(20)19(15(21)18-16)7-8-22-13-6-4-5-12(17)9-13/h4-6,9,11H,7-8,10H2,1-3H3,(H,18,21). The zero-order valence-corrected chi connectivity index (χ0v) is 13.8. The van der Waals surface area contributed by atoms with Crippen molar-refractivity contribution in [3.63, 3.8) is 0 Å². The van der Waals surface area contributed by atoms with Crippen molar-refractivity contribution in [2.45, 2.75) is 32.7 Å². The van der Waals surface area contributed by atoms with Crippen molar-refractivity contribution in [3.8, 4) is 5.75 Å². The van der Waals surface area contributed by atoms with Crippen LogP contribution in [0.4, 0.5) is 4.79 Å². The lowest BCUT2D eigenvalue weighted by atomic mass is 9.91. The summed E-state index contributed by atoms with van der Waals surface area (Å²) in [5, 5.41) is 3.36.